The largest absolute Gasteiger partial charge is 0.447 e. The Morgan fingerprint density at radius 1 is 1.16 bits per heavy atom. The minimum absolute atomic E-state index is 0.0494. The highest BCUT2D eigenvalue weighted by Gasteiger charge is 2.25. The number of cyclic esters (lactones) is 1. The molecule has 0 spiro atoms. The van der Waals surface area contributed by atoms with Gasteiger partial charge < -0.3 is 9.47 Å². The number of ether oxygens (including phenoxy) is 2. The summed E-state index contributed by atoms with van der Waals surface area (Å²) in [6.07, 6.45) is 1.77. The van der Waals surface area contributed by atoms with Crippen LogP contribution in [0.25, 0.3) is 6.08 Å². The number of nitrogens with zero attached hydrogens (tertiary/aromatic N) is 1. The second-order valence-corrected chi connectivity index (χ2v) is 8.93. The van der Waals surface area contributed by atoms with Gasteiger partial charge in [0.05, 0.1) is 11.4 Å². The van der Waals surface area contributed by atoms with E-state index < -0.39 is 22.7 Å². The quantitative estimate of drug-likeness (QED) is 0.696. The van der Waals surface area contributed by atoms with E-state index in [1.54, 1.807) is 36.4 Å². The second kappa shape index (κ2) is 8.64. The first-order chi connectivity index (χ1) is 14.8. The van der Waals surface area contributed by atoms with Crippen molar-refractivity contribution in [1.29, 1.82) is 0 Å². The third kappa shape index (κ3) is 4.86. The number of nitrogens with one attached hydrogen (secondary N) is 1. The number of anilines is 1. The SMILES string of the molecule is O=C1OCCN1c1cccc(CNS(=O)(=O)C2=Cc3ccc(OC(F)F)cc3CC2)c1. The molecule has 0 radical (unpaired) electrons. The number of fused-ring (bicyclic) bond motifs is 1. The Morgan fingerprint density at radius 3 is 2.74 bits per heavy atom. The van der Waals surface area contributed by atoms with E-state index in [9.17, 15) is 22.0 Å². The van der Waals surface area contributed by atoms with Crippen LogP contribution in [0.15, 0.2) is 47.4 Å². The van der Waals surface area contributed by atoms with E-state index in [2.05, 4.69) is 9.46 Å². The van der Waals surface area contributed by atoms with Gasteiger partial charge in [0.25, 0.3) is 0 Å². The summed E-state index contributed by atoms with van der Waals surface area (Å²) >= 11 is 0. The van der Waals surface area contributed by atoms with Gasteiger partial charge in [0, 0.05) is 12.2 Å². The lowest BCUT2D eigenvalue weighted by molar-refractivity contribution is -0.0498. The van der Waals surface area contributed by atoms with E-state index in [1.807, 2.05) is 0 Å². The van der Waals surface area contributed by atoms with E-state index in [-0.39, 0.29) is 23.6 Å². The molecule has 0 unspecified atom stereocenters. The zero-order valence-corrected chi connectivity index (χ0v) is 17.2. The molecule has 164 valence electrons. The minimum Gasteiger partial charge on any atom is -0.447 e. The van der Waals surface area contributed by atoms with Crippen LogP contribution in [0.5, 0.6) is 5.75 Å². The highest BCUT2D eigenvalue weighted by atomic mass is 32.2. The maximum Gasteiger partial charge on any atom is 0.414 e. The molecule has 0 atom stereocenters. The van der Waals surface area contributed by atoms with Crippen LogP contribution in [-0.2, 0) is 27.7 Å². The van der Waals surface area contributed by atoms with Crippen LogP contribution in [0, 0.1) is 0 Å². The summed E-state index contributed by atoms with van der Waals surface area (Å²) in [6.45, 7) is -2.08. The summed E-state index contributed by atoms with van der Waals surface area (Å²) in [5.74, 6) is 0.0494. The Balaban J connectivity index is 1.46. The van der Waals surface area contributed by atoms with Gasteiger partial charge in [0.15, 0.2) is 0 Å². The first kappa shape index (κ1) is 21.3. The number of sulfonamides is 1. The van der Waals surface area contributed by atoms with Crippen molar-refractivity contribution in [3.63, 3.8) is 0 Å². The van der Waals surface area contributed by atoms with Gasteiger partial charge in [-0.25, -0.2) is 17.9 Å². The van der Waals surface area contributed by atoms with Crippen molar-refractivity contribution in [2.24, 2.45) is 0 Å². The fraction of sp³-hybridized carbons (Fsp3) is 0.286. The molecule has 4 rings (SSSR count). The van der Waals surface area contributed by atoms with Crippen LogP contribution in [0.3, 0.4) is 0 Å². The monoisotopic (exact) mass is 450 g/mol. The standard InChI is InChI=1S/C21H20F2N2O5S/c22-20(23)30-18-6-4-16-12-19(7-5-15(16)11-18)31(27,28)24-13-14-2-1-3-17(10-14)25-8-9-29-21(25)26/h1-4,6,10-12,20,24H,5,7-9,13H2. The molecule has 1 heterocycles. The van der Waals surface area contributed by atoms with Gasteiger partial charge in [-0.1, -0.05) is 18.2 Å². The Morgan fingerprint density at radius 2 is 2.00 bits per heavy atom. The van der Waals surface area contributed by atoms with Crippen molar-refractivity contribution in [1.82, 2.24) is 4.72 Å². The van der Waals surface area contributed by atoms with Crippen LogP contribution in [0.2, 0.25) is 0 Å². The lowest BCUT2D eigenvalue weighted by Gasteiger charge is -2.18. The summed E-state index contributed by atoms with van der Waals surface area (Å²) in [7, 11) is -3.74. The van der Waals surface area contributed by atoms with Gasteiger partial charge in [-0.3, -0.25) is 4.90 Å². The molecule has 1 N–H and O–H groups in total. The van der Waals surface area contributed by atoms with Gasteiger partial charge in [-0.2, -0.15) is 8.78 Å². The number of carbonyl (C=O) groups is 1. The van der Waals surface area contributed by atoms with Crippen molar-refractivity contribution in [3.8, 4) is 5.75 Å². The molecule has 2 aromatic carbocycles. The maximum absolute atomic E-state index is 12.8. The number of hydrogen-bond donors (Lipinski definition) is 1. The van der Waals surface area contributed by atoms with Gasteiger partial charge in [-0.15, -0.1) is 0 Å². The average Bonchev–Trinajstić information content (AvgIpc) is 3.17. The van der Waals surface area contributed by atoms with Crippen LogP contribution >= 0.6 is 0 Å². The van der Waals surface area contributed by atoms with Crippen molar-refractivity contribution in [2.45, 2.75) is 26.0 Å². The lowest BCUT2D eigenvalue weighted by atomic mass is 9.97. The molecule has 1 amide bonds. The summed E-state index contributed by atoms with van der Waals surface area (Å²) in [6, 6.07) is 11.5. The van der Waals surface area contributed by atoms with E-state index in [1.165, 1.54) is 17.0 Å². The Hall–Kier alpha value is -2.98. The van der Waals surface area contributed by atoms with Crippen LogP contribution < -0.4 is 14.4 Å². The first-order valence-corrected chi connectivity index (χ1v) is 11.1. The first-order valence-electron chi connectivity index (χ1n) is 9.63. The number of alkyl halides is 2. The molecule has 0 saturated carbocycles. The molecular formula is C21H20F2N2O5S. The number of rotatable bonds is 7. The van der Waals surface area contributed by atoms with E-state index in [0.717, 1.165) is 5.56 Å². The summed E-state index contributed by atoms with van der Waals surface area (Å²) in [5.41, 5.74) is 2.75. The smallest absolute Gasteiger partial charge is 0.414 e. The highest BCUT2D eigenvalue weighted by molar-refractivity contribution is 7.93. The van der Waals surface area contributed by atoms with Gasteiger partial charge in [0.1, 0.15) is 12.4 Å². The van der Waals surface area contributed by atoms with Crippen molar-refractivity contribution in [3.05, 3.63) is 64.1 Å². The fourth-order valence-electron chi connectivity index (χ4n) is 3.56. The number of hydrogen-bond acceptors (Lipinski definition) is 5. The topological polar surface area (TPSA) is 84.9 Å². The number of carbonyl (C=O) groups excluding carboxylic acids is 1. The van der Waals surface area contributed by atoms with Crippen LogP contribution in [0.1, 0.15) is 23.1 Å². The van der Waals surface area contributed by atoms with Gasteiger partial charge in [0.2, 0.25) is 10.0 Å². The Bertz CT molecular complexity index is 1130. The highest BCUT2D eigenvalue weighted by Crippen LogP contribution is 2.30. The molecule has 0 aromatic heterocycles. The molecule has 1 saturated heterocycles. The van der Waals surface area contributed by atoms with Gasteiger partial charge >= 0.3 is 12.7 Å². The number of halogens is 2. The normalized spacial score (nSPS) is 16.2. The minimum atomic E-state index is -3.74. The van der Waals surface area contributed by atoms with Crippen LogP contribution in [0.4, 0.5) is 19.3 Å². The Labute approximate surface area is 178 Å². The zero-order chi connectivity index (χ0) is 22.0. The van der Waals surface area contributed by atoms with Crippen molar-refractivity contribution < 1.29 is 31.5 Å². The van der Waals surface area contributed by atoms with E-state index in [4.69, 9.17) is 4.74 Å². The molecular weight excluding hydrogens is 430 g/mol. The average molecular weight is 450 g/mol. The Kier molecular flexibility index (Phi) is 5.92. The fourth-order valence-corrected chi connectivity index (χ4v) is 4.76. The third-order valence-corrected chi connectivity index (χ3v) is 6.63. The van der Waals surface area contributed by atoms with Gasteiger partial charge in [-0.05, 0) is 59.9 Å². The molecule has 1 fully saturated rings. The molecule has 31 heavy (non-hydrogen) atoms. The molecule has 2 aromatic rings. The predicted molar refractivity (Wildman–Crippen MR) is 110 cm³/mol. The molecule has 2 aliphatic rings. The second-order valence-electron chi connectivity index (χ2n) is 7.11. The van der Waals surface area contributed by atoms with E-state index in [0.29, 0.717) is 36.4 Å². The zero-order valence-electron chi connectivity index (χ0n) is 16.4. The van der Waals surface area contributed by atoms with E-state index >= 15 is 0 Å². The number of allylic oxidation sites excluding steroid dienone is 1. The molecule has 10 heteroatoms. The van der Waals surface area contributed by atoms with Crippen LogP contribution in [-0.4, -0.2) is 34.3 Å². The third-order valence-electron chi connectivity index (χ3n) is 5.09. The molecule has 1 aliphatic carbocycles. The number of amides is 1. The number of aryl methyl sites for hydroxylation is 1. The summed E-state index contributed by atoms with van der Waals surface area (Å²) < 4.78 is 62.3. The maximum atomic E-state index is 12.8. The molecule has 7 nitrogen and oxygen atoms in total. The van der Waals surface area contributed by atoms with Crippen molar-refractivity contribution >= 4 is 27.9 Å². The molecule has 0 bridgehead atoms. The number of benzene rings is 2. The predicted octanol–water partition coefficient (Wildman–Crippen LogP) is 3.65. The summed E-state index contributed by atoms with van der Waals surface area (Å²) in [4.78, 5) is 13.4. The molecule has 1 aliphatic heterocycles. The summed E-state index contributed by atoms with van der Waals surface area (Å²) in [5, 5.41) is 0. The van der Waals surface area contributed by atoms with Crippen molar-refractivity contribution in [2.75, 3.05) is 18.1 Å². The lowest BCUT2D eigenvalue weighted by Crippen LogP contribution is -2.26.